The van der Waals surface area contributed by atoms with Gasteiger partial charge < -0.3 is 15.4 Å². The van der Waals surface area contributed by atoms with Gasteiger partial charge in [0, 0.05) is 21.5 Å². The van der Waals surface area contributed by atoms with Gasteiger partial charge in [-0.15, -0.1) is 23.1 Å². The molecule has 4 aromatic rings. The lowest BCUT2D eigenvalue weighted by atomic mass is 9.83. The first-order valence-electron chi connectivity index (χ1n) is 14.3. The summed E-state index contributed by atoms with van der Waals surface area (Å²) in [5, 5.41) is 6.12. The maximum atomic E-state index is 13.5. The molecule has 2 N–H and O–H groups in total. The standard InChI is InChI=1S/C35H34N2O4S2/c1-3-29(42-27-16-10-15-26(22-27)36-31(38)20-17-23-11-6-4-7-12-23)33(39)37-34-32(35(40)41-2)28-19-18-25(21-30(28)43-34)24-13-8-5-9-14-24/h4-17,20,22,25,29H,3,18-19,21H2,1-2H3,(H,36,38)(H,37,39)/b20-17+. The Balaban J connectivity index is 1.27. The predicted molar refractivity (Wildman–Crippen MR) is 176 cm³/mol. The Morgan fingerprint density at radius 1 is 1.00 bits per heavy atom. The van der Waals surface area contributed by atoms with E-state index in [4.69, 9.17) is 4.74 Å². The van der Waals surface area contributed by atoms with E-state index in [0.29, 0.717) is 28.6 Å². The number of methoxy groups -OCH3 is 1. The van der Waals surface area contributed by atoms with Crippen molar-refractivity contribution < 1.29 is 19.1 Å². The second-order valence-electron chi connectivity index (χ2n) is 10.3. The summed E-state index contributed by atoms with van der Waals surface area (Å²) in [6.45, 7) is 1.96. The van der Waals surface area contributed by atoms with E-state index in [2.05, 4.69) is 34.9 Å². The minimum Gasteiger partial charge on any atom is -0.465 e. The highest BCUT2D eigenvalue weighted by Gasteiger charge is 2.31. The molecule has 0 bridgehead atoms. The van der Waals surface area contributed by atoms with E-state index < -0.39 is 11.2 Å². The summed E-state index contributed by atoms with van der Waals surface area (Å²) < 4.78 is 5.14. The monoisotopic (exact) mass is 610 g/mol. The number of amides is 2. The number of thiophene rings is 1. The zero-order chi connectivity index (χ0) is 30.2. The second kappa shape index (κ2) is 14.4. The molecule has 3 aromatic carbocycles. The third-order valence-corrected chi connectivity index (χ3v) is 9.96. The van der Waals surface area contributed by atoms with E-state index in [1.54, 1.807) is 6.08 Å². The normalized spacial score (nSPS) is 15.0. The van der Waals surface area contributed by atoms with E-state index in [1.165, 1.54) is 41.8 Å². The molecule has 220 valence electrons. The number of anilines is 2. The lowest BCUT2D eigenvalue weighted by Gasteiger charge is -2.22. The first kappa shape index (κ1) is 30.3. The minimum absolute atomic E-state index is 0.170. The third kappa shape index (κ3) is 7.63. The number of carbonyl (C=O) groups excluding carboxylic acids is 3. The number of rotatable bonds is 10. The van der Waals surface area contributed by atoms with Gasteiger partial charge in [0.05, 0.1) is 17.9 Å². The number of nitrogens with one attached hydrogen (secondary N) is 2. The molecule has 2 atom stereocenters. The zero-order valence-corrected chi connectivity index (χ0v) is 25.8. The van der Waals surface area contributed by atoms with Crippen molar-refractivity contribution in [1.82, 2.24) is 0 Å². The molecule has 0 radical (unpaired) electrons. The molecule has 0 spiro atoms. The molecular formula is C35H34N2O4S2. The van der Waals surface area contributed by atoms with Gasteiger partial charge in [0.2, 0.25) is 11.8 Å². The maximum absolute atomic E-state index is 13.5. The van der Waals surface area contributed by atoms with Crippen molar-refractivity contribution in [1.29, 1.82) is 0 Å². The summed E-state index contributed by atoms with van der Waals surface area (Å²) in [6.07, 6.45) is 6.37. The fourth-order valence-corrected chi connectivity index (χ4v) is 7.58. The van der Waals surface area contributed by atoms with Crippen LogP contribution in [0.4, 0.5) is 10.7 Å². The number of hydrogen-bond acceptors (Lipinski definition) is 6. The maximum Gasteiger partial charge on any atom is 0.341 e. The van der Waals surface area contributed by atoms with Crippen LogP contribution in [0, 0.1) is 0 Å². The third-order valence-electron chi connectivity index (χ3n) is 7.43. The lowest BCUT2D eigenvalue weighted by molar-refractivity contribution is -0.115. The Labute approximate surface area is 260 Å². The van der Waals surface area contributed by atoms with Gasteiger partial charge in [0.25, 0.3) is 0 Å². The summed E-state index contributed by atoms with van der Waals surface area (Å²) in [5.41, 5.74) is 4.35. The first-order valence-corrected chi connectivity index (χ1v) is 16.0. The van der Waals surface area contributed by atoms with E-state index in [9.17, 15) is 14.4 Å². The van der Waals surface area contributed by atoms with Crippen LogP contribution in [0.2, 0.25) is 0 Å². The molecule has 5 rings (SSSR count). The summed E-state index contributed by atoms with van der Waals surface area (Å²) in [6, 6.07) is 27.5. The molecule has 6 nitrogen and oxygen atoms in total. The SMILES string of the molecule is CCC(Sc1cccc(NC(=O)/C=C/c2ccccc2)c1)C(=O)Nc1sc2c(c1C(=O)OC)CCC(c1ccccc1)C2. The minimum atomic E-state index is -0.420. The summed E-state index contributed by atoms with van der Waals surface area (Å²) in [7, 11) is 1.38. The average Bonchev–Trinajstić information content (AvgIpc) is 3.40. The van der Waals surface area contributed by atoms with Gasteiger partial charge >= 0.3 is 5.97 Å². The molecule has 43 heavy (non-hydrogen) atoms. The highest BCUT2D eigenvalue weighted by molar-refractivity contribution is 8.00. The Bertz CT molecular complexity index is 1620. The first-order chi connectivity index (χ1) is 20.9. The number of carbonyl (C=O) groups is 3. The second-order valence-corrected chi connectivity index (χ2v) is 12.7. The van der Waals surface area contributed by atoms with Crippen LogP contribution < -0.4 is 10.6 Å². The van der Waals surface area contributed by atoms with Crippen LogP contribution in [0.25, 0.3) is 6.08 Å². The largest absolute Gasteiger partial charge is 0.465 e. The highest BCUT2D eigenvalue weighted by Crippen LogP contribution is 2.43. The van der Waals surface area contributed by atoms with Crippen LogP contribution in [0.1, 0.15) is 57.6 Å². The molecule has 0 saturated carbocycles. The fourth-order valence-electron chi connectivity index (χ4n) is 5.25. The smallest absolute Gasteiger partial charge is 0.341 e. The van der Waals surface area contributed by atoms with Crippen LogP contribution in [0.5, 0.6) is 0 Å². The van der Waals surface area contributed by atoms with E-state index in [0.717, 1.165) is 40.2 Å². The fraction of sp³-hybridized carbons (Fsp3) is 0.229. The number of hydrogen-bond donors (Lipinski definition) is 2. The summed E-state index contributed by atoms with van der Waals surface area (Å²) in [5.74, 6) is -0.447. The molecule has 2 unspecified atom stereocenters. The molecule has 1 aliphatic rings. The number of esters is 1. The molecule has 1 aliphatic carbocycles. The molecule has 8 heteroatoms. The number of thioether (sulfide) groups is 1. The Morgan fingerprint density at radius 2 is 1.74 bits per heavy atom. The Kier molecular flexibility index (Phi) is 10.1. The van der Waals surface area contributed by atoms with Gasteiger partial charge in [-0.05, 0) is 72.6 Å². The van der Waals surface area contributed by atoms with Crippen molar-refractivity contribution >= 4 is 57.6 Å². The van der Waals surface area contributed by atoms with E-state index >= 15 is 0 Å². The van der Waals surface area contributed by atoms with Crippen molar-refractivity contribution in [3.63, 3.8) is 0 Å². The van der Waals surface area contributed by atoms with Crippen LogP contribution in [-0.2, 0) is 27.2 Å². The zero-order valence-electron chi connectivity index (χ0n) is 24.2. The lowest BCUT2D eigenvalue weighted by Crippen LogP contribution is -2.25. The molecule has 0 saturated heterocycles. The van der Waals surface area contributed by atoms with Gasteiger partial charge in [-0.3, -0.25) is 9.59 Å². The Morgan fingerprint density at radius 3 is 2.47 bits per heavy atom. The van der Waals surface area contributed by atoms with Gasteiger partial charge in [-0.2, -0.15) is 0 Å². The van der Waals surface area contributed by atoms with Crippen LogP contribution in [-0.4, -0.2) is 30.1 Å². The molecule has 1 heterocycles. The van der Waals surface area contributed by atoms with E-state index in [-0.39, 0.29) is 11.8 Å². The highest BCUT2D eigenvalue weighted by atomic mass is 32.2. The summed E-state index contributed by atoms with van der Waals surface area (Å²) in [4.78, 5) is 40.9. The number of ether oxygens (including phenoxy) is 1. The quantitative estimate of drug-likeness (QED) is 0.108. The molecule has 1 aromatic heterocycles. The van der Waals surface area contributed by atoms with Crippen molar-refractivity contribution in [3.05, 3.63) is 118 Å². The van der Waals surface area contributed by atoms with Crippen molar-refractivity contribution in [2.24, 2.45) is 0 Å². The topological polar surface area (TPSA) is 84.5 Å². The van der Waals surface area contributed by atoms with Crippen LogP contribution >= 0.6 is 23.1 Å². The van der Waals surface area contributed by atoms with Gasteiger partial charge in [0.1, 0.15) is 5.00 Å². The van der Waals surface area contributed by atoms with Gasteiger partial charge in [-0.1, -0.05) is 73.7 Å². The molecular weight excluding hydrogens is 577 g/mol. The van der Waals surface area contributed by atoms with Crippen molar-refractivity contribution in [2.75, 3.05) is 17.7 Å². The van der Waals surface area contributed by atoms with Crippen LogP contribution in [0.3, 0.4) is 0 Å². The van der Waals surface area contributed by atoms with Crippen molar-refractivity contribution in [3.8, 4) is 0 Å². The number of benzene rings is 3. The van der Waals surface area contributed by atoms with Crippen LogP contribution in [0.15, 0.2) is 95.9 Å². The molecule has 0 aliphatic heterocycles. The average molecular weight is 611 g/mol. The van der Waals surface area contributed by atoms with Crippen molar-refractivity contribution in [2.45, 2.75) is 48.7 Å². The molecule has 0 fully saturated rings. The van der Waals surface area contributed by atoms with Gasteiger partial charge in [0.15, 0.2) is 0 Å². The summed E-state index contributed by atoms with van der Waals surface area (Å²) >= 11 is 2.91. The van der Waals surface area contributed by atoms with Gasteiger partial charge in [-0.25, -0.2) is 4.79 Å². The number of fused-ring (bicyclic) bond motifs is 1. The van der Waals surface area contributed by atoms with E-state index in [1.807, 2.05) is 67.6 Å². The Hall–Kier alpha value is -4.14. The predicted octanol–water partition coefficient (Wildman–Crippen LogP) is 7.97. The molecule has 2 amide bonds.